The SMILES string of the molecule is Cc1cccc(/C=C/C(=O)Nc2cccc(NC(=O)c3cccs3)c2)c1. The lowest BCUT2D eigenvalue weighted by Crippen LogP contribution is -2.11. The molecule has 0 saturated heterocycles. The molecule has 0 radical (unpaired) electrons. The number of hydrogen-bond acceptors (Lipinski definition) is 3. The van der Waals surface area contributed by atoms with Crippen LogP contribution in [-0.4, -0.2) is 11.8 Å². The maximum Gasteiger partial charge on any atom is 0.265 e. The summed E-state index contributed by atoms with van der Waals surface area (Å²) in [5.74, 6) is -0.393. The lowest BCUT2D eigenvalue weighted by Gasteiger charge is -2.07. The summed E-state index contributed by atoms with van der Waals surface area (Å²) in [6.07, 6.45) is 3.26. The van der Waals surface area contributed by atoms with Gasteiger partial charge in [-0.15, -0.1) is 11.3 Å². The fourth-order valence-electron chi connectivity index (χ4n) is 2.40. The van der Waals surface area contributed by atoms with Crippen molar-refractivity contribution in [2.24, 2.45) is 0 Å². The molecule has 5 heteroatoms. The van der Waals surface area contributed by atoms with Gasteiger partial charge in [0.2, 0.25) is 5.91 Å². The Morgan fingerprint density at radius 2 is 1.69 bits per heavy atom. The second-order valence-corrected chi connectivity index (χ2v) is 6.70. The first-order valence-corrected chi connectivity index (χ1v) is 8.99. The average molecular weight is 362 g/mol. The maximum atomic E-state index is 12.1. The molecule has 2 aromatic carbocycles. The molecule has 2 amide bonds. The summed E-state index contributed by atoms with van der Waals surface area (Å²) >= 11 is 1.38. The Balaban J connectivity index is 1.63. The van der Waals surface area contributed by atoms with Gasteiger partial charge in [-0.2, -0.15) is 0 Å². The molecule has 0 bridgehead atoms. The van der Waals surface area contributed by atoms with Crippen LogP contribution >= 0.6 is 11.3 Å². The van der Waals surface area contributed by atoms with Crippen LogP contribution in [0.1, 0.15) is 20.8 Å². The summed E-state index contributed by atoms with van der Waals surface area (Å²) in [4.78, 5) is 24.8. The van der Waals surface area contributed by atoms with Crippen LogP contribution in [0.2, 0.25) is 0 Å². The van der Waals surface area contributed by atoms with Gasteiger partial charge in [0.05, 0.1) is 4.88 Å². The Morgan fingerprint density at radius 3 is 2.42 bits per heavy atom. The molecule has 0 fully saturated rings. The van der Waals surface area contributed by atoms with Gasteiger partial charge < -0.3 is 10.6 Å². The summed E-state index contributed by atoms with van der Waals surface area (Å²) in [7, 11) is 0. The van der Waals surface area contributed by atoms with E-state index in [2.05, 4.69) is 10.6 Å². The third-order valence-electron chi connectivity index (χ3n) is 3.60. The summed E-state index contributed by atoms with van der Waals surface area (Å²) < 4.78 is 0. The molecule has 130 valence electrons. The first-order chi connectivity index (χ1) is 12.6. The summed E-state index contributed by atoms with van der Waals surface area (Å²) in [6.45, 7) is 2.01. The summed E-state index contributed by atoms with van der Waals surface area (Å²) in [5.41, 5.74) is 3.36. The largest absolute Gasteiger partial charge is 0.322 e. The molecule has 2 N–H and O–H groups in total. The zero-order valence-corrected chi connectivity index (χ0v) is 15.0. The van der Waals surface area contributed by atoms with E-state index in [1.165, 1.54) is 17.4 Å². The monoisotopic (exact) mass is 362 g/mol. The summed E-state index contributed by atoms with van der Waals surface area (Å²) in [5, 5.41) is 7.48. The molecule has 0 aliphatic heterocycles. The van der Waals surface area contributed by atoms with Crippen LogP contribution in [0.25, 0.3) is 6.08 Å². The molecule has 1 aromatic heterocycles. The van der Waals surface area contributed by atoms with Crippen LogP contribution in [0.15, 0.2) is 72.1 Å². The fraction of sp³-hybridized carbons (Fsp3) is 0.0476. The number of aryl methyl sites for hydroxylation is 1. The highest BCUT2D eigenvalue weighted by Crippen LogP contribution is 2.17. The molecular weight excluding hydrogens is 344 g/mol. The van der Waals surface area contributed by atoms with Gasteiger partial charge in [0, 0.05) is 17.5 Å². The third kappa shape index (κ3) is 4.91. The van der Waals surface area contributed by atoms with E-state index >= 15 is 0 Å². The Morgan fingerprint density at radius 1 is 0.923 bits per heavy atom. The summed E-state index contributed by atoms with van der Waals surface area (Å²) in [6, 6.07) is 18.6. The molecule has 3 aromatic rings. The first-order valence-electron chi connectivity index (χ1n) is 8.11. The van der Waals surface area contributed by atoms with E-state index in [0.717, 1.165) is 11.1 Å². The van der Waals surface area contributed by atoms with Crippen LogP contribution in [0.4, 0.5) is 11.4 Å². The van der Waals surface area contributed by atoms with E-state index in [1.807, 2.05) is 42.6 Å². The van der Waals surface area contributed by atoms with Crippen molar-refractivity contribution in [1.82, 2.24) is 0 Å². The van der Waals surface area contributed by atoms with E-state index < -0.39 is 0 Å². The predicted octanol–water partition coefficient (Wildman–Crippen LogP) is 4.96. The minimum Gasteiger partial charge on any atom is -0.322 e. The van der Waals surface area contributed by atoms with Crippen LogP contribution in [-0.2, 0) is 4.79 Å². The second kappa shape index (κ2) is 8.27. The number of rotatable bonds is 5. The highest BCUT2D eigenvalue weighted by Gasteiger charge is 2.07. The van der Waals surface area contributed by atoms with Gasteiger partial charge in [-0.25, -0.2) is 0 Å². The van der Waals surface area contributed by atoms with Gasteiger partial charge in [-0.05, 0) is 48.2 Å². The molecule has 0 saturated carbocycles. The van der Waals surface area contributed by atoms with Crippen molar-refractivity contribution < 1.29 is 9.59 Å². The van der Waals surface area contributed by atoms with Gasteiger partial charge in [-0.1, -0.05) is 42.0 Å². The average Bonchev–Trinajstić information content (AvgIpc) is 3.15. The Bertz CT molecular complexity index is 946. The van der Waals surface area contributed by atoms with Gasteiger partial charge in [0.15, 0.2) is 0 Å². The number of hydrogen-bond donors (Lipinski definition) is 2. The number of nitrogens with one attached hydrogen (secondary N) is 2. The number of benzene rings is 2. The standard InChI is InChI=1S/C21H18N2O2S/c1-15-5-2-6-16(13-15)10-11-20(24)22-17-7-3-8-18(14-17)23-21(25)19-9-4-12-26-19/h2-14H,1H3,(H,22,24)(H,23,25)/b11-10+. The van der Waals surface area contributed by atoms with E-state index in [-0.39, 0.29) is 11.8 Å². The topological polar surface area (TPSA) is 58.2 Å². The Kier molecular flexibility index (Phi) is 5.61. The Hall–Kier alpha value is -3.18. The number of anilines is 2. The molecule has 0 atom stereocenters. The first kappa shape index (κ1) is 17.6. The smallest absolute Gasteiger partial charge is 0.265 e. The lowest BCUT2D eigenvalue weighted by atomic mass is 10.1. The van der Waals surface area contributed by atoms with Crippen molar-refractivity contribution in [1.29, 1.82) is 0 Å². The quantitative estimate of drug-likeness (QED) is 0.630. The molecule has 1 heterocycles. The van der Waals surface area contributed by atoms with Gasteiger partial charge in [0.1, 0.15) is 0 Å². The number of carbonyl (C=O) groups is 2. The molecule has 0 aliphatic rings. The second-order valence-electron chi connectivity index (χ2n) is 5.75. The van der Waals surface area contributed by atoms with E-state index in [1.54, 1.807) is 36.4 Å². The molecule has 26 heavy (non-hydrogen) atoms. The highest BCUT2D eigenvalue weighted by atomic mass is 32.1. The molecular formula is C21H18N2O2S. The van der Waals surface area contributed by atoms with E-state index in [9.17, 15) is 9.59 Å². The molecule has 4 nitrogen and oxygen atoms in total. The van der Waals surface area contributed by atoms with Crippen molar-refractivity contribution in [3.63, 3.8) is 0 Å². The lowest BCUT2D eigenvalue weighted by molar-refractivity contribution is -0.111. The van der Waals surface area contributed by atoms with Crippen molar-refractivity contribution in [2.45, 2.75) is 6.92 Å². The van der Waals surface area contributed by atoms with Crippen LogP contribution in [0.3, 0.4) is 0 Å². The van der Waals surface area contributed by atoms with Crippen LogP contribution in [0.5, 0.6) is 0 Å². The molecule has 3 rings (SSSR count). The van der Waals surface area contributed by atoms with Crippen LogP contribution < -0.4 is 10.6 Å². The van der Waals surface area contributed by atoms with Gasteiger partial charge in [-0.3, -0.25) is 9.59 Å². The maximum absolute atomic E-state index is 12.1. The normalized spacial score (nSPS) is 10.7. The predicted molar refractivity (Wildman–Crippen MR) is 108 cm³/mol. The Labute approximate surface area is 156 Å². The van der Waals surface area contributed by atoms with Crippen molar-refractivity contribution in [3.05, 3.63) is 88.1 Å². The minimum atomic E-state index is -0.228. The highest BCUT2D eigenvalue weighted by molar-refractivity contribution is 7.12. The van der Waals surface area contributed by atoms with Crippen molar-refractivity contribution in [3.8, 4) is 0 Å². The number of thiophene rings is 1. The van der Waals surface area contributed by atoms with Gasteiger partial charge in [0.25, 0.3) is 5.91 Å². The van der Waals surface area contributed by atoms with Crippen LogP contribution in [0, 0.1) is 6.92 Å². The van der Waals surface area contributed by atoms with Crippen molar-refractivity contribution in [2.75, 3.05) is 10.6 Å². The molecule has 0 aliphatic carbocycles. The van der Waals surface area contributed by atoms with Crippen molar-refractivity contribution >= 4 is 40.6 Å². The third-order valence-corrected chi connectivity index (χ3v) is 4.47. The number of amides is 2. The fourth-order valence-corrected chi connectivity index (χ4v) is 3.02. The molecule has 0 unspecified atom stereocenters. The van der Waals surface area contributed by atoms with E-state index in [4.69, 9.17) is 0 Å². The van der Waals surface area contributed by atoms with E-state index in [0.29, 0.717) is 16.3 Å². The zero-order chi connectivity index (χ0) is 18.4. The minimum absolute atomic E-state index is 0.164. The molecule has 0 spiro atoms. The zero-order valence-electron chi connectivity index (χ0n) is 14.2. The van der Waals surface area contributed by atoms with Gasteiger partial charge >= 0.3 is 0 Å². The number of carbonyl (C=O) groups excluding carboxylic acids is 2.